The molecule has 3 nitrogen and oxygen atoms in total. The molecule has 0 spiro atoms. The van der Waals surface area contributed by atoms with Crippen LogP contribution in [0.4, 0.5) is 0 Å². The summed E-state index contributed by atoms with van der Waals surface area (Å²) in [5.41, 5.74) is -0.888. The van der Waals surface area contributed by atoms with E-state index in [1.807, 2.05) is 6.07 Å². The standard InChI is InChI=1S/C10H16N2O/c1-4-7-5-8(7)12-9(13)10(2,3)6-11/h7-8H,4-5H2,1-3H3,(H,12,13)/t7-,8-/m1/s1. The molecule has 0 aliphatic heterocycles. The van der Waals surface area contributed by atoms with Crippen molar-refractivity contribution in [2.45, 2.75) is 39.7 Å². The van der Waals surface area contributed by atoms with Gasteiger partial charge in [-0.05, 0) is 26.2 Å². The molecule has 0 heterocycles. The zero-order valence-electron chi connectivity index (χ0n) is 8.42. The molecule has 13 heavy (non-hydrogen) atoms. The second kappa shape index (κ2) is 3.37. The molecule has 0 bridgehead atoms. The van der Waals surface area contributed by atoms with Gasteiger partial charge in [-0.1, -0.05) is 13.3 Å². The Morgan fingerprint density at radius 2 is 2.31 bits per heavy atom. The summed E-state index contributed by atoms with van der Waals surface area (Å²) in [6.07, 6.45) is 2.18. The van der Waals surface area contributed by atoms with Crippen LogP contribution in [-0.2, 0) is 4.79 Å². The van der Waals surface area contributed by atoms with Gasteiger partial charge in [-0.15, -0.1) is 0 Å². The third-order valence-corrected chi connectivity index (χ3v) is 2.61. The molecule has 0 aromatic rings. The van der Waals surface area contributed by atoms with E-state index in [1.165, 1.54) is 0 Å². The van der Waals surface area contributed by atoms with Crippen molar-refractivity contribution in [3.05, 3.63) is 0 Å². The minimum atomic E-state index is -0.888. The molecule has 1 aliphatic rings. The Balaban J connectivity index is 2.40. The first-order valence-corrected chi connectivity index (χ1v) is 4.73. The SMILES string of the molecule is CC[C@@H]1C[C@H]1NC(=O)C(C)(C)C#N. The van der Waals surface area contributed by atoms with E-state index in [9.17, 15) is 4.79 Å². The van der Waals surface area contributed by atoms with E-state index in [-0.39, 0.29) is 5.91 Å². The van der Waals surface area contributed by atoms with E-state index in [4.69, 9.17) is 5.26 Å². The van der Waals surface area contributed by atoms with Crippen molar-refractivity contribution in [3.8, 4) is 6.07 Å². The summed E-state index contributed by atoms with van der Waals surface area (Å²) >= 11 is 0. The molecule has 2 atom stereocenters. The highest BCUT2D eigenvalue weighted by Crippen LogP contribution is 2.33. The predicted molar refractivity (Wildman–Crippen MR) is 49.7 cm³/mol. The Kier molecular flexibility index (Phi) is 2.60. The lowest BCUT2D eigenvalue weighted by molar-refractivity contribution is -0.127. The van der Waals surface area contributed by atoms with Crippen LogP contribution >= 0.6 is 0 Å². The number of carbonyl (C=O) groups is 1. The van der Waals surface area contributed by atoms with Crippen molar-refractivity contribution in [1.82, 2.24) is 5.32 Å². The summed E-state index contributed by atoms with van der Waals surface area (Å²) in [6.45, 7) is 5.41. The van der Waals surface area contributed by atoms with Gasteiger partial charge < -0.3 is 5.32 Å². The lowest BCUT2D eigenvalue weighted by atomic mass is 9.95. The topological polar surface area (TPSA) is 52.9 Å². The molecule has 1 fully saturated rings. The van der Waals surface area contributed by atoms with Gasteiger partial charge in [-0.3, -0.25) is 4.79 Å². The summed E-state index contributed by atoms with van der Waals surface area (Å²) in [4.78, 5) is 11.5. The average Bonchev–Trinajstić information content (AvgIpc) is 2.83. The number of hydrogen-bond acceptors (Lipinski definition) is 2. The summed E-state index contributed by atoms with van der Waals surface area (Å²) in [5, 5.41) is 11.6. The average molecular weight is 180 g/mol. The van der Waals surface area contributed by atoms with Gasteiger partial charge in [-0.2, -0.15) is 5.26 Å². The predicted octanol–water partition coefficient (Wildman–Crippen LogP) is 1.45. The van der Waals surface area contributed by atoms with Gasteiger partial charge in [-0.25, -0.2) is 0 Å². The van der Waals surface area contributed by atoms with Gasteiger partial charge in [0.1, 0.15) is 5.41 Å². The molecule has 1 amide bonds. The Hall–Kier alpha value is -1.04. The molecule has 1 saturated carbocycles. The highest BCUT2D eigenvalue weighted by atomic mass is 16.2. The van der Waals surface area contributed by atoms with Gasteiger partial charge in [0.25, 0.3) is 0 Å². The minimum Gasteiger partial charge on any atom is -0.352 e. The first-order valence-electron chi connectivity index (χ1n) is 4.73. The van der Waals surface area contributed by atoms with Gasteiger partial charge in [0.15, 0.2) is 0 Å². The lowest BCUT2D eigenvalue weighted by Crippen LogP contribution is -2.37. The van der Waals surface area contributed by atoms with Gasteiger partial charge >= 0.3 is 0 Å². The molecule has 72 valence electrons. The quantitative estimate of drug-likeness (QED) is 0.714. The molecule has 1 rings (SSSR count). The van der Waals surface area contributed by atoms with E-state index in [1.54, 1.807) is 13.8 Å². The smallest absolute Gasteiger partial charge is 0.240 e. The fraction of sp³-hybridized carbons (Fsp3) is 0.800. The number of carbonyl (C=O) groups excluding carboxylic acids is 1. The maximum Gasteiger partial charge on any atom is 0.240 e. The fourth-order valence-electron chi connectivity index (χ4n) is 1.28. The maximum atomic E-state index is 11.5. The summed E-state index contributed by atoms with van der Waals surface area (Å²) in [5.74, 6) is 0.495. The second-order valence-electron chi connectivity index (χ2n) is 4.22. The van der Waals surface area contributed by atoms with E-state index >= 15 is 0 Å². The number of nitriles is 1. The minimum absolute atomic E-state index is 0.143. The first kappa shape index (κ1) is 10.0. The van der Waals surface area contributed by atoms with E-state index < -0.39 is 5.41 Å². The third kappa shape index (κ3) is 2.21. The number of hydrogen-bond donors (Lipinski definition) is 1. The van der Waals surface area contributed by atoms with Crippen LogP contribution in [0.5, 0.6) is 0 Å². The number of rotatable bonds is 3. The van der Waals surface area contributed by atoms with E-state index in [0.29, 0.717) is 12.0 Å². The van der Waals surface area contributed by atoms with Crippen molar-refractivity contribution in [1.29, 1.82) is 5.26 Å². The second-order valence-corrected chi connectivity index (χ2v) is 4.22. The molecule has 0 aromatic carbocycles. The zero-order valence-corrected chi connectivity index (χ0v) is 8.42. The molecule has 1 N–H and O–H groups in total. The van der Waals surface area contributed by atoms with Crippen molar-refractivity contribution < 1.29 is 4.79 Å². The van der Waals surface area contributed by atoms with Gasteiger partial charge in [0.2, 0.25) is 5.91 Å². The summed E-state index contributed by atoms with van der Waals surface area (Å²) in [6, 6.07) is 2.32. The Morgan fingerprint density at radius 3 is 2.69 bits per heavy atom. The first-order chi connectivity index (χ1) is 6.01. The Morgan fingerprint density at radius 1 is 1.69 bits per heavy atom. The van der Waals surface area contributed by atoms with Crippen LogP contribution in [0, 0.1) is 22.7 Å². The van der Waals surface area contributed by atoms with Crippen LogP contribution in [0.25, 0.3) is 0 Å². The van der Waals surface area contributed by atoms with Gasteiger partial charge in [0.05, 0.1) is 6.07 Å². The number of nitrogens with zero attached hydrogens (tertiary/aromatic N) is 1. The molecule has 0 aromatic heterocycles. The van der Waals surface area contributed by atoms with E-state index in [2.05, 4.69) is 12.2 Å². The van der Waals surface area contributed by atoms with Crippen LogP contribution in [0.3, 0.4) is 0 Å². The van der Waals surface area contributed by atoms with Crippen molar-refractivity contribution in [2.75, 3.05) is 0 Å². The molecular weight excluding hydrogens is 164 g/mol. The normalized spacial score (nSPS) is 26.3. The molecule has 0 radical (unpaired) electrons. The number of nitrogens with one attached hydrogen (secondary N) is 1. The lowest BCUT2D eigenvalue weighted by Gasteiger charge is -2.14. The van der Waals surface area contributed by atoms with Crippen molar-refractivity contribution in [2.24, 2.45) is 11.3 Å². The number of amides is 1. The van der Waals surface area contributed by atoms with Crippen LogP contribution in [0.15, 0.2) is 0 Å². The van der Waals surface area contributed by atoms with E-state index in [0.717, 1.165) is 12.8 Å². The zero-order chi connectivity index (χ0) is 10.1. The monoisotopic (exact) mass is 180 g/mol. The highest BCUT2D eigenvalue weighted by molar-refractivity contribution is 5.85. The van der Waals surface area contributed by atoms with Crippen LogP contribution < -0.4 is 5.32 Å². The van der Waals surface area contributed by atoms with Crippen LogP contribution in [0.1, 0.15) is 33.6 Å². The molecule has 3 heteroatoms. The van der Waals surface area contributed by atoms with Crippen molar-refractivity contribution >= 4 is 5.91 Å². The Bertz CT molecular complexity index is 252. The fourth-order valence-corrected chi connectivity index (χ4v) is 1.28. The van der Waals surface area contributed by atoms with Crippen LogP contribution in [-0.4, -0.2) is 11.9 Å². The Labute approximate surface area is 79.1 Å². The van der Waals surface area contributed by atoms with Gasteiger partial charge in [0, 0.05) is 6.04 Å². The maximum absolute atomic E-state index is 11.5. The molecule has 1 aliphatic carbocycles. The highest BCUT2D eigenvalue weighted by Gasteiger charge is 2.39. The molecule has 0 unspecified atom stereocenters. The largest absolute Gasteiger partial charge is 0.352 e. The van der Waals surface area contributed by atoms with Crippen molar-refractivity contribution in [3.63, 3.8) is 0 Å². The molecular formula is C10H16N2O. The third-order valence-electron chi connectivity index (χ3n) is 2.61. The molecule has 0 saturated heterocycles. The van der Waals surface area contributed by atoms with Crippen LogP contribution in [0.2, 0.25) is 0 Å². The summed E-state index contributed by atoms with van der Waals surface area (Å²) in [7, 11) is 0. The summed E-state index contributed by atoms with van der Waals surface area (Å²) < 4.78 is 0.